The molecule has 1 aromatic rings. The Hall–Kier alpha value is -1.83. The predicted molar refractivity (Wildman–Crippen MR) is 54.9 cm³/mol. The Morgan fingerprint density at radius 3 is 2.93 bits per heavy atom. The average Bonchev–Trinajstić information content (AvgIpc) is 2.54. The van der Waals surface area contributed by atoms with Gasteiger partial charge in [-0.1, -0.05) is 12.1 Å². The molecular formula is C12H8FN. The zero-order valence-electron chi connectivity index (χ0n) is 7.42. The average molecular weight is 185 g/mol. The zero-order valence-corrected chi connectivity index (χ0v) is 7.42. The lowest BCUT2D eigenvalue weighted by Crippen LogP contribution is -1.77. The molecule has 1 nitrogen and oxygen atoms in total. The summed E-state index contributed by atoms with van der Waals surface area (Å²) in [6, 6.07) is 10.8. The van der Waals surface area contributed by atoms with Gasteiger partial charge >= 0.3 is 0 Å². The predicted octanol–water partition coefficient (Wildman–Crippen LogP) is 3.41. The van der Waals surface area contributed by atoms with Crippen molar-refractivity contribution in [2.75, 3.05) is 0 Å². The molecule has 0 saturated heterocycles. The molecular weight excluding hydrogens is 177 g/mol. The largest absolute Gasteiger partial charge is 0.361 e. The Morgan fingerprint density at radius 1 is 1.07 bits per heavy atom. The number of aromatic amines is 1. The highest BCUT2D eigenvalue weighted by atomic mass is 19.1. The van der Waals surface area contributed by atoms with E-state index in [1.165, 1.54) is 6.07 Å². The molecule has 3 rings (SSSR count). The van der Waals surface area contributed by atoms with Crippen LogP contribution in [0.25, 0.3) is 22.0 Å². The number of H-pyrrole nitrogens is 1. The minimum absolute atomic E-state index is 0.187. The first-order valence-corrected chi connectivity index (χ1v) is 4.50. The van der Waals surface area contributed by atoms with E-state index in [9.17, 15) is 4.39 Å². The van der Waals surface area contributed by atoms with Crippen LogP contribution in [0.15, 0.2) is 42.6 Å². The van der Waals surface area contributed by atoms with Crippen LogP contribution in [0.3, 0.4) is 0 Å². The third kappa shape index (κ3) is 0.940. The number of pyridine rings is 1. The van der Waals surface area contributed by atoms with Crippen LogP contribution < -0.4 is 0 Å². The van der Waals surface area contributed by atoms with Crippen LogP contribution in [0.1, 0.15) is 0 Å². The Bertz CT molecular complexity index is 568. The van der Waals surface area contributed by atoms with E-state index in [2.05, 4.69) is 4.98 Å². The van der Waals surface area contributed by atoms with Gasteiger partial charge in [0.2, 0.25) is 0 Å². The van der Waals surface area contributed by atoms with Crippen LogP contribution in [-0.2, 0) is 0 Å². The number of rotatable bonds is 0. The molecule has 0 amide bonds. The van der Waals surface area contributed by atoms with Crippen molar-refractivity contribution in [1.29, 1.82) is 0 Å². The summed E-state index contributed by atoms with van der Waals surface area (Å²) in [4.78, 5) is 3.14. The van der Waals surface area contributed by atoms with Gasteiger partial charge in [-0.3, -0.25) is 0 Å². The summed E-state index contributed by atoms with van der Waals surface area (Å²) in [6.45, 7) is 0. The van der Waals surface area contributed by atoms with Gasteiger partial charge in [0.05, 0.1) is 0 Å². The summed E-state index contributed by atoms with van der Waals surface area (Å²) in [5.41, 5.74) is 2.19. The topological polar surface area (TPSA) is 15.8 Å². The lowest BCUT2D eigenvalue weighted by molar-refractivity contribution is 0.630. The molecule has 0 saturated carbocycles. The minimum Gasteiger partial charge on any atom is -0.361 e. The molecule has 1 heterocycles. The van der Waals surface area contributed by atoms with Gasteiger partial charge in [0.1, 0.15) is 5.82 Å². The molecule has 14 heavy (non-hydrogen) atoms. The summed E-state index contributed by atoms with van der Waals surface area (Å²) < 4.78 is 13.0. The van der Waals surface area contributed by atoms with E-state index in [4.69, 9.17) is 0 Å². The van der Waals surface area contributed by atoms with Crippen LogP contribution in [0, 0.1) is 5.82 Å². The summed E-state index contributed by atoms with van der Waals surface area (Å²) in [5.74, 6) is -0.187. The van der Waals surface area contributed by atoms with Crippen molar-refractivity contribution in [3.63, 3.8) is 0 Å². The van der Waals surface area contributed by atoms with E-state index in [1.54, 1.807) is 6.07 Å². The van der Waals surface area contributed by atoms with E-state index in [1.807, 2.05) is 30.5 Å². The third-order valence-electron chi connectivity index (χ3n) is 2.49. The third-order valence-corrected chi connectivity index (χ3v) is 2.49. The molecule has 0 radical (unpaired) electrons. The quantitative estimate of drug-likeness (QED) is 0.552. The summed E-state index contributed by atoms with van der Waals surface area (Å²) >= 11 is 0. The van der Waals surface area contributed by atoms with Gasteiger partial charge in [0.25, 0.3) is 0 Å². The number of fused-ring (bicyclic) bond motifs is 3. The Labute approximate surface area is 80.5 Å². The van der Waals surface area contributed by atoms with Gasteiger partial charge in [0.15, 0.2) is 0 Å². The van der Waals surface area contributed by atoms with Gasteiger partial charge in [-0.05, 0) is 35.0 Å². The van der Waals surface area contributed by atoms with Crippen LogP contribution in [0.5, 0.6) is 0 Å². The number of halogens is 1. The van der Waals surface area contributed by atoms with Crippen molar-refractivity contribution in [2.24, 2.45) is 0 Å². The van der Waals surface area contributed by atoms with Gasteiger partial charge < -0.3 is 4.98 Å². The molecule has 0 atom stereocenters. The first-order chi connectivity index (χ1) is 6.84. The highest BCUT2D eigenvalue weighted by molar-refractivity contribution is 6.00. The van der Waals surface area contributed by atoms with E-state index < -0.39 is 0 Å². The van der Waals surface area contributed by atoms with Gasteiger partial charge in [-0.25, -0.2) is 4.39 Å². The fourth-order valence-electron chi connectivity index (χ4n) is 1.86. The maximum absolute atomic E-state index is 13.0. The number of hydrogen-bond acceptors (Lipinski definition) is 0. The smallest absolute Gasteiger partial charge is 0.123 e. The normalized spacial score (nSPS) is 11.2. The molecule has 0 spiro atoms. The second-order valence-electron chi connectivity index (χ2n) is 3.37. The standard InChI is InChI=1S/C12H8FN/c13-9-3-4-10-8(6-9)7-12-11(10)2-1-5-14-12/h1-7,14H. The van der Waals surface area contributed by atoms with Crippen molar-refractivity contribution in [2.45, 2.75) is 0 Å². The van der Waals surface area contributed by atoms with E-state index in [-0.39, 0.29) is 5.82 Å². The maximum Gasteiger partial charge on any atom is 0.123 e. The molecule has 1 aromatic carbocycles. The molecule has 0 bridgehead atoms. The highest BCUT2D eigenvalue weighted by Crippen LogP contribution is 2.32. The first kappa shape index (κ1) is 7.56. The van der Waals surface area contributed by atoms with Crippen molar-refractivity contribution in [3.8, 4) is 11.3 Å². The van der Waals surface area contributed by atoms with Crippen LogP contribution in [0.4, 0.5) is 4.39 Å². The molecule has 0 fully saturated rings. The van der Waals surface area contributed by atoms with E-state index >= 15 is 0 Å². The molecule has 1 N–H and O–H groups in total. The Balaban J connectivity index is 2.50. The SMILES string of the molecule is Fc1ccc2c3ccc[nH]c-3cc2c1. The fourth-order valence-corrected chi connectivity index (χ4v) is 1.86. The molecule has 68 valence electrons. The summed E-state index contributed by atoms with van der Waals surface area (Å²) in [7, 11) is 0. The number of nitrogens with one attached hydrogen (secondary N) is 1. The maximum atomic E-state index is 13.0. The Morgan fingerprint density at radius 2 is 2.00 bits per heavy atom. The number of benzene rings is 1. The van der Waals surface area contributed by atoms with Crippen molar-refractivity contribution in [1.82, 2.24) is 4.98 Å². The molecule has 0 unspecified atom stereocenters. The fraction of sp³-hybridized carbons (Fsp3) is 0. The second-order valence-corrected chi connectivity index (χ2v) is 3.37. The highest BCUT2D eigenvalue weighted by Gasteiger charge is 2.08. The van der Waals surface area contributed by atoms with Crippen LogP contribution in [0.2, 0.25) is 0 Å². The lowest BCUT2D eigenvalue weighted by atomic mass is 10.1. The van der Waals surface area contributed by atoms with Crippen molar-refractivity contribution < 1.29 is 4.39 Å². The number of aromatic nitrogens is 1. The molecule has 2 heteroatoms. The lowest BCUT2D eigenvalue weighted by Gasteiger charge is -1.97. The second kappa shape index (κ2) is 2.58. The molecule has 1 aliphatic carbocycles. The molecule has 2 aliphatic rings. The zero-order chi connectivity index (χ0) is 9.54. The van der Waals surface area contributed by atoms with Crippen LogP contribution >= 0.6 is 0 Å². The summed E-state index contributed by atoms with van der Waals surface area (Å²) in [5, 5.41) is 2.04. The molecule has 0 aromatic heterocycles. The van der Waals surface area contributed by atoms with Crippen LogP contribution in [-0.4, -0.2) is 4.98 Å². The van der Waals surface area contributed by atoms with Crippen molar-refractivity contribution >= 4 is 10.8 Å². The van der Waals surface area contributed by atoms with Gasteiger partial charge in [-0.2, -0.15) is 0 Å². The first-order valence-electron chi connectivity index (χ1n) is 4.50. The van der Waals surface area contributed by atoms with E-state index in [0.717, 1.165) is 22.0 Å². The number of hydrogen-bond donors (Lipinski definition) is 1. The Kier molecular flexibility index (Phi) is 1.39. The minimum atomic E-state index is -0.187. The van der Waals surface area contributed by atoms with Gasteiger partial charge in [0, 0.05) is 17.5 Å². The van der Waals surface area contributed by atoms with E-state index in [0.29, 0.717) is 0 Å². The summed E-state index contributed by atoms with van der Waals surface area (Å²) in [6.07, 6.45) is 1.87. The van der Waals surface area contributed by atoms with Crippen molar-refractivity contribution in [3.05, 3.63) is 48.4 Å². The molecule has 1 aliphatic heterocycles. The van der Waals surface area contributed by atoms with Gasteiger partial charge in [-0.15, -0.1) is 0 Å². The monoisotopic (exact) mass is 185 g/mol.